The fourth-order valence-corrected chi connectivity index (χ4v) is 2.89. The average molecular weight is 347 g/mol. The first kappa shape index (κ1) is 16.0. The minimum absolute atomic E-state index is 0.311. The van der Waals surface area contributed by atoms with Gasteiger partial charge >= 0.3 is 0 Å². The van der Waals surface area contributed by atoms with E-state index in [2.05, 4.69) is 21.1 Å². The molecule has 26 heavy (non-hydrogen) atoms. The molecule has 0 aliphatic rings. The highest BCUT2D eigenvalue weighted by atomic mass is 19.1. The van der Waals surface area contributed by atoms with E-state index in [-0.39, 0.29) is 5.82 Å². The van der Waals surface area contributed by atoms with Gasteiger partial charge in [-0.1, -0.05) is 0 Å². The van der Waals surface area contributed by atoms with Crippen LogP contribution in [0.3, 0.4) is 0 Å². The number of nitriles is 1. The molecule has 0 aliphatic heterocycles. The topological polar surface area (TPSA) is 80.5 Å². The number of hydrogen-bond donors (Lipinski definition) is 0. The summed E-state index contributed by atoms with van der Waals surface area (Å²) < 4.78 is 20.6. The Kier molecular flexibility index (Phi) is 3.93. The normalized spacial score (nSPS) is 11.0. The summed E-state index contributed by atoms with van der Waals surface area (Å²) in [6, 6.07) is 10.1. The lowest BCUT2D eigenvalue weighted by molar-refractivity contribution is 0.567. The van der Waals surface area contributed by atoms with Crippen molar-refractivity contribution in [3.8, 4) is 28.6 Å². The summed E-state index contributed by atoms with van der Waals surface area (Å²) in [5, 5.41) is 14.2. The molecule has 3 heterocycles. The Morgan fingerprint density at radius 1 is 1.19 bits per heavy atom. The Bertz CT molecular complexity index is 1120. The van der Waals surface area contributed by atoms with Gasteiger partial charge in [-0.25, -0.2) is 14.4 Å². The molecule has 0 N–H and O–H groups in total. The number of aromatic nitrogens is 4. The van der Waals surface area contributed by atoms with Crippen molar-refractivity contribution in [3.63, 3.8) is 0 Å². The smallest absolute Gasteiger partial charge is 0.229 e. The molecule has 6 nitrogen and oxygen atoms in total. The Morgan fingerprint density at radius 2 is 2.00 bits per heavy atom. The van der Waals surface area contributed by atoms with Crippen LogP contribution in [0, 0.1) is 24.1 Å². The first-order valence-corrected chi connectivity index (χ1v) is 8.07. The van der Waals surface area contributed by atoms with Gasteiger partial charge in [0.25, 0.3) is 0 Å². The molecule has 128 valence electrons. The molecule has 0 amide bonds. The first-order valence-electron chi connectivity index (χ1n) is 8.07. The molecular formula is C19H14FN5O. The monoisotopic (exact) mass is 347 g/mol. The van der Waals surface area contributed by atoms with Crippen molar-refractivity contribution in [2.24, 2.45) is 0 Å². The molecule has 0 unspecified atom stereocenters. The minimum atomic E-state index is -0.311. The van der Waals surface area contributed by atoms with Crippen LogP contribution in [0.15, 0.2) is 47.3 Å². The largest absolute Gasteiger partial charge is 0.443 e. The standard InChI is InChI=1S/C19H14FN5O/c1-12-9-15-18(22-11-23-19(15)26-12)16-10-25(8-2-7-21)24-17(16)13-3-5-14(20)6-4-13/h3-6,9-11H,2,8H2,1H3. The number of furan rings is 1. The molecular weight excluding hydrogens is 333 g/mol. The quantitative estimate of drug-likeness (QED) is 0.555. The van der Waals surface area contributed by atoms with E-state index in [4.69, 9.17) is 9.68 Å². The van der Waals surface area contributed by atoms with Gasteiger partial charge in [-0.3, -0.25) is 4.68 Å². The summed E-state index contributed by atoms with van der Waals surface area (Å²) in [5.74, 6) is 0.427. The highest BCUT2D eigenvalue weighted by Gasteiger charge is 2.18. The average Bonchev–Trinajstić information content (AvgIpc) is 3.23. The zero-order chi connectivity index (χ0) is 18.1. The van der Waals surface area contributed by atoms with Gasteiger partial charge in [0.15, 0.2) is 0 Å². The molecule has 4 rings (SSSR count). The predicted octanol–water partition coefficient (Wildman–Crippen LogP) is 4.11. The van der Waals surface area contributed by atoms with Crippen molar-refractivity contribution in [2.75, 3.05) is 0 Å². The van der Waals surface area contributed by atoms with Crippen LogP contribution in [-0.2, 0) is 6.54 Å². The zero-order valence-electron chi connectivity index (χ0n) is 14.0. The summed E-state index contributed by atoms with van der Waals surface area (Å²) in [5.41, 5.74) is 3.41. The number of halogens is 1. The zero-order valence-corrected chi connectivity index (χ0v) is 14.0. The second kappa shape index (κ2) is 6.41. The van der Waals surface area contributed by atoms with Crippen molar-refractivity contribution in [1.82, 2.24) is 19.7 Å². The number of fused-ring (bicyclic) bond motifs is 1. The third-order valence-corrected chi connectivity index (χ3v) is 4.04. The van der Waals surface area contributed by atoms with E-state index in [9.17, 15) is 4.39 Å². The summed E-state index contributed by atoms with van der Waals surface area (Å²) in [6.45, 7) is 2.31. The molecule has 0 aliphatic carbocycles. The molecule has 0 radical (unpaired) electrons. The second-order valence-electron chi connectivity index (χ2n) is 5.87. The molecule has 0 fully saturated rings. The number of rotatable bonds is 4. The van der Waals surface area contributed by atoms with Gasteiger partial charge < -0.3 is 4.42 Å². The highest BCUT2D eigenvalue weighted by molar-refractivity contribution is 5.94. The van der Waals surface area contributed by atoms with Crippen LogP contribution >= 0.6 is 0 Å². The maximum atomic E-state index is 13.3. The van der Waals surface area contributed by atoms with E-state index >= 15 is 0 Å². The molecule has 0 bridgehead atoms. The lowest BCUT2D eigenvalue weighted by atomic mass is 10.0. The van der Waals surface area contributed by atoms with Crippen LogP contribution in [0.25, 0.3) is 33.6 Å². The van der Waals surface area contributed by atoms with Gasteiger partial charge in [0.2, 0.25) is 5.71 Å². The third-order valence-electron chi connectivity index (χ3n) is 4.04. The Hall–Kier alpha value is -3.53. The SMILES string of the molecule is Cc1cc2c(-c3cn(CCC#N)nc3-c3ccc(F)cc3)ncnc2o1. The molecule has 7 heteroatoms. The Balaban J connectivity index is 1.92. The van der Waals surface area contributed by atoms with Crippen molar-refractivity contribution in [1.29, 1.82) is 5.26 Å². The maximum Gasteiger partial charge on any atom is 0.229 e. The molecule has 3 aromatic heterocycles. The molecule has 0 saturated heterocycles. The predicted molar refractivity (Wildman–Crippen MR) is 93.4 cm³/mol. The number of benzene rings is 1. The van der Waals surface area contributed by atoms with Gasteiger partial charge in [0.1, 0.15) is 23.6 Å². The van der Waals surface area contributed by atoms with Crippen molar-refractivity contribution in [3.05, 3.63) is 54.4 Å². The van der Waals surface area contributed by atoms with E-state index in [1.807, 2.05) is 19.2 Å². The van der Waals surface area contributed by atoms with Crippen molar-refractivity contribution in [2.45, 2.75) is 19.9 Å². The lowest BCUT2D eigenvalue weighted by Crippen LogP contribution is -1.97. The molecule has 0 saturated carbocycles. The Morgan fingerprint density at radius 3 is 2.77 bits per heavy atom. The molecule has 1 aromatic carbocycles. The van der Waals surface area contributed by atoms with Crippen LogP contribution in [0.2, 0.25) is 0 Å². The molecule has 0 atom stereocenters. The van der Waals surface area contributed by atoms with E-state index < -0.39 is 0 Å². The van der Waals surface area contributed by atoms with Gasteiger partial charge in [0, 0.05) is 17.3 Å². The van der Waals surface area contributed by atoms with Crippen LogP contribution in [0.5, 0.6) is 0 Å². The first-order chi connectivity index (χ1) is 12.7. The summed E-state index contributed by atoms with van der Waals surface area (Å²) in [6.07, 6.45) is 3.63. The van der Waals surface area contributed by atoms with Crippen LogP contribution in [0.4, 0.5) is 4.39 Å². The minimum Gasteiger partial charge on any atom is -0.443 e. The Labute approximate surface area is 148 Å². The van der Waals surface area contributed by atoms with Gasteiger partial charge in [0.05, 0.1) is 30.1 Å². The van der Waals surface area contributed by atoms with E-state index in [0.29, 0.717) is 30.1 Å². The van der Waals surface area contributed by atoms with Crippen LogP contribution < -0.4 is 0 Å². The van der Waals surface area contributed by atoms with Crippen LogP contribution in [-0.4, -0.2) is 19.7 Å². The van der Waals surface area contributed by atoms with Crippen LogP contribution in [0.1, 0.15) is 12.2 Å². The summed E-state index contributed by atoms with van der Waals surface area (Å²) >= 11 is 0. The third kappa shape index (κ3) is 2.82. The number of nitrogens with zero attached hydrogens (tertiary/aromatic N) is 5. The van der Waals surface area contributed by atoms with E-state index in [1.54, 1.807) is 16.8 Å². The van der Waals surface area contributed by atoms with E-state index in [0.717, 1.165) is 22.3 Å². The van der Waals surface area contributed by atoms with Crippen molar-refractivity contribution >= 4 is 11.1 Å². The molecule has 4 aromatic rings. The van der Waals surface area contributed by atoms with Gasteiger partial charge in [-0.05, 0) is 37.3 Å². The summed E-state index contributed by atoms with van der Waals surface area (Å²) in [4.78, 5) is 8.59. The number of hydrogen-bond acceptors (Lipinski definition) is 5. The maximum absolute atomic E-state index is 13.3. The van der Waals surface area contributed by atoms with Gasteiger partial charge in [-0.15, -0.1) is 0 Å². The number of aryl methyl sites for hydroxylation is 2. The summed E-state index contributed by atoms with van der Waals surface area (Å²) in [7, 11) is 0. The molecule has 0 spiro atoms. The fraction of sp³-hybridized carbons (Fsp3) is 0.158. The van der Waals surface area contributed by atoms with E-state index in [1.165, 1.54) is 18.5 Å². The fourth-order valence-electron chi connectivity index (χ4n) is 2.89. The lowest BCUT2D eigenvalue weighted by Gasteiger charge is -2.03. The second-order valence-corrected chi connectivity index (χ2v) is 5.87. The van der Waals surface area contributed by atoms with Gasteiger partial charge in [-0.2, -0.15) is 10.4 Å². The highest BCUT2D eigenvalue weighted by Crippen LogP contribution is 2.34. The van der Waals surface area contributed by atoms with Crippen molar-refractivity contribution < 1.29 is 8.81 Å².